The highest BCUT2D eigenvalue weighted by Crippen LogP contribution is 2.24. The van der Waals surface area contributed by atoms with Crippen LogP contribution >= 0.6 is 27.5 Å². The number of carbonyl (C=O) groups is 1. The third-order valence-electron chi connectivity index (χ3n) is 2.21. The predicted molar refractivity (Wildman–Crippen MR) is 75.8 cm³/mol. The van der Waals surface area contributed by atoms with E-state index in [4.69, 9.17) is 17.3 Å². The molecule has 1 aromatic carbocycles. The topological polar surface area (TPSA) is 68.0 Å². The van der Waals surface area contributed by atoms with E-state index in [1.54, 1.807) is 30.5 Å². The van der Waals surface area contributed by atoms with Gasteiger partial charge < -0.3 is 11.1 Å². The molecule has 0 radical (unpaired) electrons. The number of aromatic nitrogens is 1. The molecular formula is C12H9BrClN3O. The molecular weight excluding hydrogens is 318 g/mol. The van der Waals surface area contributed by atoms with Gasteiger partial charge in [-0.3, -0.25) is 9.78 Å². The molecule has 6 heteroatoms. The van der Waals surface area contributed by atoms with Gasteiger partial charge in [0.1, 0.15) is 0 Å². The summed E-state index contributed by atoms with van der Waals surface area (Å²) in [5.41, 5.74) is 7.07. The van der Waals surface area contributed by atoms with Gasteiger partial charge in [0.05, 0.1) is 16.3 Å². The number of nitrogens with zero attached hydrogens (tertiary/aromatic N) is 1. The number of nitrogen functional groups attached to an aromatic ring is 1. The molecule has 1 heterocycles. The van der Waals surface area contributed by atoms with E-state index in [-0.39, 0.29) is 5.91 Å². The summed E-state index contributed by atoms with van der Waals surface area (Å²) in [6.45, 7) is 0. The molecule has 2 rings (SSSR count). The molecule has 0 saturated heterocycles. The van der Waals surface area contributed by atoms with Gasteiger partial charge in [-0.05, 0) is 40.2 Å². The number of hydrogen-bond donors (Lipinski definition) is 2. The lowest BCUT2D eigenvalue weighted by Crippen LogP contribution is -2.12. The molecule has 0 bridgehead atoms. The number of halogens is 2. The van der Waals surface area contributed by atoms with Crippen LogP contribution in [0.15, 0.2) is 41.1 Å². The van der Waals surface area contributed by atoms with Crippen molar-refractivity contribution in [3.8, 4) is 0 Å². The highest BCUT2D eigenvalue weighted by atomic mass is 79.9. The first-order valence-corrected chi connectivity index (χ1v) is 6.20. The van der Waals surface area contributed by atoms with Crippen molar-refractivity contribution in [3.63, 3.8) is 0 Å². The largest absolute Gasteiger partial charge is 0.399 e. The molecule has 2 aromatic rings. The number of amides is 1. The Labute approximate surface area is 117 Å². The molecule has 0 atom stereocenters. The molecule has 3 N–H and O–H groups in total. The number of hydrogen-bond acceptors (Lipinski definition) is 3. The van der Waals surface area contributed by atoms with E-state index in [1.807, 2.05) is 0 Å². The fourth-order valence-electron chi connectivity index (χ4n) is 1.36. The van der Waals surface area contributed by atoms with Crippen LogP contribution in [0.3, 0.4) is 0 Å². The van der Waals surface area contributed by atoms with Crippen LogP contribution in [0.1, 0.15) is 10.4 Å². The second-order valence-electron chi connectivity index (χ2n) is 3.59. The van der Waals surface area contributed by atoms with Gasteiger partial charge in [0, 0.05) is 22.6 Å². The average Bonchev–Trinajstić information content (AvgIpc) is 2.32. The minimum atomic E-state index is -0.282. The standard InChI is InChI=1S/C12H9BrClN3O/c13-8-3-7(5-16-6-8)12(18)17-11-2-1-9(15)4-10(11)14/h1-6H,15H2,(H,17,18). The summed E-state index contributed by atoms with van der Waals surface area (Å²) >= 11 is 9.23. The summed E-state index contributed by atoms with van der Waals surface area (Å²) in [4.78, 5) is 15.9. The molecule has 4 nitrogen and oxygen atoms in total. The molecule has 1 amide bonds. The van der Waals surface area contributed by atoms with Gasteiger partial charge in [0.15, 0.2) is 0 Å². The number of benzene rings is 1. The molecule has 1 aromatic heterocycles. The summed E-state index contributed by atoms with van der Waals surface area (Å²) in [6, 6.07) is 6.57. The Balaban J connectivity index is 2.21. The minimum Gasteiger partial charge on any atom is -0.399 e. The van der Waals surface area contributed by atoms with E-state index in [2.05, 4.69) is 26.2 Å². The third kappa shape index (κ3) is 3.00. The van der Waals surface area contributed by atoms with Gasteiger partial charge in [0.2, 0.25) is 0 Å². The Bertz CT molecular complexity index is 604. The number of anilines is 2. The van der Waals surface area contributed by atoms with Crippen molar-refractivity contribution < 1.29 is 4.79 Å². The van der Waals surface area contributed by atoms with Crippen LogP contribution in [-0.4, -0.2) is 10.9 Å². The first kappa shape index (κ1) is 12.9. The lowest BCUT2D eigenvalue weighted by atomic mass is 10.2. The lowest BCUT2D eigenvalue weighted by Gasteiger charge is -2.07. The van der Waals surface area contributed by atoms with Gasteiger partial charge in [-0.1, -0.05) is 11.6 Å². The van der Waals surface area contributed by atoms with Crippen LogP contribution in [0, 0.1) is 0 Å². The Morgan fingerprint density at radius 2 is 2.11 bits per heavy atom. The second kappa shape index (κ2) is 5.37. The zero-order valence-corrected chi connectivity index (χ0v) is 11.5. The lowest BCUT2D eigenvalue weighted by molar-refractivity contribution is 0.102. The van der Waals surface area contributed by atoms with Crippen LogP contribution in [0.2, 0.25) is 5.02 Å². The number of nitrogens with two attached hydrogens (primary N) is 1. The van der Waals surface area contributed by atoms with Crippen LogP contribution in [-0.2, 0) is 0 Å². The van der Waals surface area contributed by atoms with Gasteiger partial charge in [-0.2, -0.15) is 0 Å². The summed E-state index contributed by atoms with van der Waals surface area (Å²) in [5, 5.41) is 3.09. The van der Waals surface area contributed by atoms with Crippen LogP contribution in [0.4, 0.5) is 11.4 Å². The SMILES string of the molecule is Nc1ccc(NC(=O)c2cncc(Br)c2)c(Cl)c1. The first-order chi connectivity index (χ1) is 8.56. The predicted octanol–water partition coefficient (Wildman–Crippen LogP) is 3.33. The Morgan fingerprint density at radius 1 is 1.33 bits per heavy atom. The number of carbonyl (C=O) groups excluding carboxylic acids is 1. The molecule has 92 valence electrons. The molecule has 0 spiro atoms. The minimum absolute atomic E-state index is 0.282. The maximum atomic E-state index is 11.9. The Kier molecular flexibility index (Phi) is 3.84. The maximum absolute atomic E-state index is 11.9. The van der Waals surface area contributed by atoms with Crippen LogP contribution < -0.4 is 11.1 Å². The van der Waals surface area contributed by atoms with Crippen molar-refractivity contribution in [2.24, 2.45) is 0 Å². The zero-order chi connectivity index (χ0) is 13.1. The normalized spacial score (nSPS) is 10.1. The van der Waals surface area contributed by atoms with Gasteiger partial charge in [-0.25, -0.2) is 0 Å². The molecule has 0 fully saturated rings. The number of rotatable bonds is 2. The van der Waals surface area contributed by atoms with E-state index in [0.717, 1.165) is 4.47 Å². The third-order valence-corrected chi connectivity index (χ3v) is 2.95. The van der Waals surface area contributed by atoms with Gasteiger partial charge >= 0.3 is 0 Å². The van der Waals surface area contributed by atoms with Crippen molar-refractivity contribution in [3.05, 3.63) is 51.7 Å². The smallest absolute Gasteiger partial charge is 0.257 e. The molecule has 0 aliphatic heterocycles. The molecule has 18 heavy (non-hydrogen) atoms. The summed E-state index contributed by atoms with van der Waals surface area (Å²) in [6.07, 6.45) is 3.08. The molecule has 0 aliphatic rings. The second-order valence-corrected chi connectivity index (χ2v) is 4.91. The van der Waals surface area contributed by atoms with Crippen LogP contribution in [0.5, 0.6) is 0 Å². The van der Waals surface area contributed by atoms with E-state index >= 15 is 0 Å². The van der Waals surface area contributed by atoms with Gasteiger partial charge in [0.25, 0.3) is 5.91 Å². The summed E-state index contributed by atoms with van der Waals surface area (Å²) < 4.78 is 0.735. The Morgan fingerprint density at radius 3 is 2.78 bits per heavy atom. The molecule has 0 saturated carbocycles. The van der Waals surface area contributed by atoms with E-state index < -0.39 is 0 Å². The highest BCUT2D eigenvalue weighted by Gasteiger charge is 2.09. The van der Waals surface area contributed by atoms with E-state index in [9.17, 15) is 4.79 Å². The molecule has 0 aliphatic carbocycles. The monoisotopic (exact) mass is 325 g/mol. The quantitative estimate of drug-likeness (QED) is 0.832. The van der Waals surface area contributed by atoms with E-state index in [0.29, 0.717) is 22.0 Å². The first-order valence-electron chi connectivity index (χ1n) is 5.03. The van der Waals surface area contributed by atoms with Gasteiger partial charge in [-0.15, -0.1) is 0 Å². The maximum Gasteiger partial charge on any atom is 0.257 e. The fraction of sp³-hybridized carbons (Fsp3) is 0. The Hall–Kier alpha value is -1.59. The summed E-state index contributed by atoms with van der Waals surface area (Å²) in [5.74, 6) is -0.282. The van der Waals surface area contributed by atoms with Crippen molar-refractivity contribution in [2.45, 2.75) is 0 Å². The van der Waals surface area contributed by atoms with Crippen molar-refractivity contribution in [2.75, 3.05) is 11.1 Å². The van der Waals surface area contributed by atoms with E-state index in [1.165, 1.54) is 6.20 Å². The zero-order valence-electron chi connectivity index (χ0n) is 9.15. The van der Waals surface area contributed by atoms with Crippen molar-refractivity contribution in [1.82, 2.24) is 4.98 Å². The van der Waals surface area contributed by atoms with Crippen LogP contribution in [0.25, 0.3) is 0 Å². The number of pyridine rings is 1. The van der Waals surface area contributed by atoms with Crippen molar-refractivity contribution >= 4 is 44.8 Å². The summed E-state index contributed by atoms with van der Waals surface area (Å²) in [7, 11) is 0. The highest BCUT2D eigenvalue weighted by molar-refractivity contribution is 9.10. The average molecular weight is 327 g/mol. The number of nitrogens with one attached hydrogen (secondary N) is 1. The van der Waals surface area contributed by atoms with Crippen molar-refractivity contribution in [1.29, 1.82) is 0 Å². The fourth-order valence-corrected chi connectivity index (χ4v) is 1.96. The molecule has 0 unspecified atom stereocenters.